The van der Waals surface area contributed by atoms with Gasteiger partial charge in [-0.25, -0.2) is 0 Å². The van der Waals surface area contributed by atoms with E-state index in [1.54, 1.807) is 0 Å². The molecule has 1 heterocycles. The van der Waals surface area contributed by atoms with Gasteiger partial charge < -0.3 is 4.74 Å². The molecule has 50 heavy (non-hydrogen) atoms. The van der Waals surface area contributed by atoms with Gasteiger partial charge in [0.15, 0.2) is 0 Å². The lowest BCUT2D eigenvalue weighted by Gasteiger charge is -2.23. The molecule has 0 fully saturated rings. The van der Waals surface area contributed by atoms with Gasteiger partial charge in [-0.2, -0.15) is 0 Å². The van der Waals surface area contributed by atoms with Crippen LogP contribution in [0, 0.1) is 0 Å². The number of hydrogen-bond acceptors (Lipinski definition) is 1. The molecular weight excluding hydrogens is 605 g/mol. The highest BCUT2D eigenvalue weighted by atomic mass is 16.5. The highest BCUT2D eigenvalue weighted by Crippen LogP contribution is 2.43. The predicted octanol–water partition coefficient (Wildman–Crippen LogP) is 13.2. The highest BCUT2D eigenvalue weighted by molar-refractivity contribution is 5.90. The summed E-state index contributed by atoms with van der Waals surface area (Å²) in [5.41, 5.74) is 18.1. The Bertz CT molecular complexity index is 2320. The molecule has 9 rings (SSSR count). The third-order valence-corrected chi connectivity index (χ3v) is 9.80. The Morgan fingerprint density at radius 2 is 0.660 bits per heavy atom. The molecule has 1 aliphatic heterocycles. The third-order valence-electron chi connectivity index (χ3n) is 9.80. The maximum atomic E-state index is 6.07. The molecule has 0 radical (unpaired) electrons. The van der Waals surface area contributed by atoms with E-state index in [1.165, 1.54) is 77.9 Å². The van der Waals surface area contributed by atoms with Crippen molar-refractivity contribution in [1.29, 1.82) is 0 Å². The number of ether oxygens (including phenoxy) is 1. The minimum Gasteiger partial charge on any atom is -0.488 e. The predicted molar refractivity (Wildman–Crippen MR) is 209 cm³/mol. The van der Waals surface area contributed by atoms with Gasteiger partial charge in [0.05, 0.1) is 0 Å². The number of fused-ring (bicyclic) bond motifs is 3. The molecule has 0 unspecified atom stereocenters. The summed E-state index contributed by atoms with van der Waals surface area (Å²) in [7, 11) is 0. The van der Waals surface area contributed by atoms with Crippen molar-refractivity contribution in [2.45, 2.75) is 6.61 Å². The molecule has 1 nitrogen and oxygen atoms in total. The van der Waals surface area contributed by atoms with Crippen LogP contribution in [0.4, 0.5) is 0 Å². The number of benzene rings is 8. The first-order chi connectivity index (χ1) is 24.8. The summed E-state index contributed by atoms with van der Waals surface area (Å²) >= 11 is 0. The molecule has 1 heteroatoms. The topological polar surface area (TPSA) is 9.23 Å². The van der Waals surface area contributed by atoms with Crippen LogP contribution in [0.15, 0.2) is 194 Å². The van der Waals surface area contributed by atoms with Gasteiger partial charge in [-0.15, -0.1) is 0 Å². The summed E-state index contributed by atoms with van der Waals surface area (Å²) in [5, 5.41) is 0. The zero-order valence-corrected chi connectivity index (χ0v) is 27.6. The smallest absolute Gasteiger partial charge is 0.127 e. The molecule has 0 N–H and O–H groups in total. The number of rotatable bonds is 6. The van der Waals surface area contributed by atoms with E-state index in [2.05, 4.69) is 188 Å². The minimum absolute atomic E-state index is 0.590. The van der Waals surface area contributed by atoms with E-state index in [1.807, 2.05) is 6.07 Å². The lowest BCUT2D eigenvalue weighted by molar-refractivity contribution is 0.302. The average molecular weight is 639 g/mol. The van der Waals surface area contributed by atoms with Crippen molar-refractivity contribution >= 4 is 0 Å². The van der Waals surface area contributed by atoms with Gasteiger partial charge in [-0.05, 0) is 102 Å². The van der Waals surface area contributed by atoms with Crippen LogP contribution in [0.2, 0.25) is 0 Å². The van der Waals surface area contributed by atoms with Gasteiger partial charge in [-0.3, -0.25) is 0 Å². The molecule has 0 saturated heterocycles. The second kappa shape index (κ2) is 12.9. The zero-order chi connectivity index (χ0) is 33.3. The lowest BCUT2D eigenvalue weighted by Crippen LogP contribution is -2.06. The Kier molecular flexibility index (Phi) is 7.64. The molecule has 0 spiro atoms. The summed E-state index contributed by atoms with van der Waals surface area (Å²) in [6.07, 6.45) is 0. The fraction of sp³-hybridized carbons (Fsp3) is 0.0204. The summed E-state index contributed by atoms with van der Waals surface area (Å²) < 4.78 is 6.07. The first kappa shape index (κ1) is 29.7. The quantitative estimate of drug-likeness (QED) is 0.176. The molecule has 0 aliphatic carbocycles. The normalized spacial score (nSPS) is 11.7. The maximum absolute atomic E-state index is 6.07. The molecule has 236 valence electrons. The number of para-hydroxylation sites is 1. The van der Waals surface area contributed by atoms with Crippen molar-refractivity contribution < 1.29 is 4.74 Å². The van der Waals surface area contributed by atoms with Gasteiger partial charge in [0, 0.05) is 5.56 Å². The first-order valence-electron chi connectivity index (χ1n) is 17.2. The van der Waals surface area contributed by atoms with E-state index in [-0.39, 0.29) is 0 Å². The standard InChI is InChI=1S/C49H34O/c1-3-10-34(11-4-1)36-18-22-38(23-19-36)43-30-44(39-24-20-37(21-25-39)35-12-5-2-6-13-35)32-45(31-43)40-26-28-41(29-27-40)46-16-9-14-42-33-50-48-17-8-7-15-47(48)49(42)46/h1-32H,33H2. The van der Waals surface area contributed by atoms with Gasteiger partial charge in [0.25, 0.3) is 0 Å². The maximum Gasteiger partial charge on any atom is 0.127 e. The molecule has 0 atom stereocenters. The Hall–Kier alpha value is -6.44. The van der Waals surface area contributed by atoms with E-state index in [0.29, 0.717) is 6.61 Å². The van der Waals surface area contributed by atoms with Crippen LogP contribution in [0.5, 0.6) is 5.75 Å². The molecule has 8 aromatic carbocycles. The fourth-order valence-electron chi connectivity index (χ4n) is 7.17. The van der Waals surface area contributed by atoms with Crippen LogP contribution in [0.1, 0.15) is 5.56 Å². The first-order valence-corrected chi connectivity index (χ1v) is 17.2. The van der Waals surface area contributed by atoms with Crippen LogP contribution >= 0.6 is 0 Å². The van der Waals surface area contributed by atoms with Gasteiger partial charge in [-0.1, -0.05) is 170 Å². The van der Waals surface area contributed by atoms with Crippen molar-refractivity contribution in [3.8, 4) is 83.6 Å². The number of hydrogen-bond donors (Lipinski definition) is 0. The lowest BCUT2D eigenvalue weighted by atomic mass is 9.88. The molecule has 1 aliphatic rings. The van der Waals surface area contributed by atoms with Crippen molar-refractivity contribution in [3.63, 3.8) is 0 Å². The van der Waals surface area contributed by atoms with Crippen molar-refractivity contribution in [2.75, 3.05) is 0 Å². The molecule has 8 aromatic rings. The van der Waals surface area contributed by atoms with Gasteiger partial charge in [0.1, 0.15) is 12.4 Å². The van der Waals surface area contributed by atoms with E-state index in [9.17, 15) is 0 Å². The van der Waals surface area contributed by atoms with E-state index >= 15 is 0 Å². The third kappa shape index (κ3) is 5.70. The summed E-state index contributed by atoms with van der Waals surface area (Å²) in [6, 6.07) is 69.9. The van der Waals surface area contributed by atoms with Crippen LogP contribution in [-0.4, -0.2) is 0 Å². The second-order valence-electron chi connectivity index (χ2n) is 12.9. The monoisotopic (exact) mass is 638 g/mol. The van der Waals surface area contributed by atoms with Gasteiger partial charge in [0.2, 0.25) is 0 Å². The molecule has 0 bridgehead atoms. The second-order valence-corrected chi connectivity index (χ2v) is 12.9. The molecular formula is C49H34O. The summed E-state index contributed by atoms with van der Waals surface area (Å²) in [5.74, 6) is 0.946. The van der Waals surface area contributed by atoms with Gasteiger partial charge >= 0.3 is 0 Å². The molecule has 0 aromatic heterocycles. The van der Waals surface area contributed by atoms with Crippen LogP contribution in [0.25, 0.3) is 77.9 Å². The van der Waals surface area contributed by atoms with E-state index in [4.69, 9.17) is 4.74 Å². The van der Waals surface area contributed by atoms with Crippen molar-refractivity contribution in [3.05, 3.63) is 200 Å². The summed E-state index contributed by atoms with van der Waals surface area (Å²) in [4.78, 5) is 0. The minimum atomic E-state index is 0.590. The molecule has 0 saturated carbocycles. The Morgan fingerprint density at radius 3 is 1.16 bits per heavy atom. The van der Waals surface area contributed by atoms with E-state index < -0.39 is 0 Å². The van der Waals surface area contributed by atoms with Crippen molar-refractivity contribution in [1.82, 2.24) is 0 Å². The Labute approximate surface area is 293 Å². The molecule has 0 amide bonds. The van der Waals surface area contributed by atoms with Crippen LogP contribution in [-0.2, 0) is 6.61 Å². The highest BCUT2D eigenvalue weighted by Gasteiger charge is 2.20. The van der Waals surface area contributed by atoms with Crippen molar-refractivity contribution in [2.24, 2.45) is 0 Å². The SMILES string of the molecule is c1ccc(-c2ccc(-c3cc(-c4ccc(-c5ccccc5)cc4)cc(-c4ccc(-c5cccc6c5-c5ccccc5OC6)cc4)c3)cc2)cc1. The van der Waals surface area contributed by atoms with E-state index in [0.717, 1.165) is 11.3 Å². The Balaban J connectivity index is 1.11. The van der Waals surface area contributed by atoms with Crippen LogP contribution in [0.3, 0.4) is 0 Å². The largest absolute Gasteiger partial charge is 0.488 e. The van der Waals surface area contributed by atoms with Crippen LogP contribution < -0.4 is 4.74 Å². The zero-order valence-electron chi connectivity index (χ0n) is 27.6. The Morgan fingerprint density at radius 1 is 0.280 bits per heavy atom. The summed E-state index contributed by atoms with van der Waals surface area (Å²) in [6.45, 7) is 0.590. The fourth-order valence-corrected chi connectivity index (χ4v) is 7.17. The average Bonchev–Trinajstić information content (AvgIpc) is 3.21.